The zero-order valence-electron chi connectivity index (χ0n) is 16.6. The summed E-state index contributed by atoms with van der Waals surface area (Å²) in [5.41, 5.74) is 7.22. The number of amides is 2. The lowest BCUT2D eigenvalue weighted by atomic mass is 9.72. The van der Waals surface area contributed by atoms with Crippen molar-refractivity contribution in [2.24, 2.45) is 17.1 Å². The van der Waals surface area contributed by atoms with E-state index in [9.17, 15) is 9.59 Å². The van der Waals surface area contributed by atoms with Gasteiger partial charge in [0.25, 0.3) is 11.8 Å². The van der Waals surface area contributed by atoms with Gasteiger partial charge in [-0.05, 0) is 54.4 Å². The number of primary amides is 1. The molecule has 2 amide bonds. The summed E-state index contributed by atoms with van der Waals surface area (Å²) in [6, 6.07) is 4.77. The van der Waals surface area contributed by atoms with Crippen LogP contribution in [-0.4, -0.2) is 18.4 Å². The Bertz CT molecular complexity index is 950. The Morgan fingerprint density at radius 1 is 1.31 bits per heavy atom. The van der Waals surface area contributed by atoms with Gasteiger partial charge in [-0.25, -0.2) is 0 Å². The molecule has 0 unspecified atom stereocenters. The standard InChI is InChI=1S/C21H24Cl2N2O3S/c1-21(2,3)11-4-6-13-16(8-11)29-20(18(13)19(24)27)25-17(26)10-28-15-7-5-12(22)9-14(15)23/h5,7,9,11H,4,6,8,10H2,1-3H3,(H2,24,27)(H,25,26)/t11-/m0/s1. The minimum absolute atomic E-state index is 0.184. The maximum absolute atomic E-state index is 12.4. The Morgan fingerprint density at radius 2 is 2.03 bits per heavy atom. The van der Waals surface area contributed by atoms with Gasteiger partial charge in [0.15, 0.2) is 6.61 Å². The first kappa shape index (κ1) is 21.9. The number of carbonyl (C=O) groups excluding carboxylic acids is 2. The van der Waals surface area contributed by atoms with Crippen LogP contribution in [0.5, 0.6) is 5.75 Å². The zero-order valence-corrected chi connectivity index (χ0v) is 18.9. The average Bonchev–Trinajstić information content (AvgIpc) is 2.97. The zero-order chi connectivity index (χ0) is 21.3. The van der Waals surface area contributed by atoms with Crippen molar-refractivity contribution in [3.63, 3.8) is 0 Å². The molecule has 0 saturated heterocycles. The Labute approximate surface area is 184 Å². The first-order valence-electron chi connectivity index (χ1n) is 9.38. The van der Waals surface area contributed by atoms with E-state index in [1.807, 2.05) is 0 Å². The van der Waals surface area contributed by atoms with E-state index in [-0.39, 0.29) is 17.9 Å². The van der Waals surface area contributed by atoms with Gasteiger partial charge in [-0.15, -0.1) is 11.3 Å². The summed E-state index contributed by atoms with van der Waals surface area (Å²) >= 11 is 13.4. The Hall–Kier alpha value is -1.76. The lowest BCUT2D eigenvalue weighted by Gasteiger charge is -2.33. The van der Waals surface area contributed by atoms with E-state index in [1.54, 1.807) is 18.2 Å². The first-order chi connectivity index (χ1) is 13.6. The molecule has 0 aliphatic heterocycles. The highest BCUT2D eigenvalue weighted by Crippen LogP contribution is 2.44. The van der Waals surface area contributed by atoms with E-state index in [0.29, 0.717) is 32.3 Å². The number of thiophene rings is 1. The number of nitrogens with two attached hydrogens (primary N) is 1. The quantitative estimate of drug-likeness (QED) is 0.640. The topological polar surface area (TPSA) is 81.4 Å². The normalized spacial score (nSPS) is 16.2. The van der Waals surface area contributed by atoms with Crippen LogP contribution in [0.1, 0.15) is 48.0 Å². The van der Waals surface area contributed by atoms with Gasteiger partial charge in [-0.3, -0.25) is 9.59 Å². The van der Waals surface area contributed by atoms with E-state index < -0.39 is 5.91 Å². The van der Waals surface area contributed by atoms with Crippen LogP contribution in [0.4, 0.5) is 5.00 Å². The van der Waals surface area contributed by atoms with Crippen LogP contribution in [0.15, 0.2) is 18.2 Å². The number of carbonyl (C=O) groups is 2. The molecule has 0 radical (unpaired) electrons. The molecule has 0 saturated carbocycles. The minimum atomic E-state index is -0.520. The van der Waals surface area contributed by atoms with E-state index in [2.05, 4.69) is 26.1 Å². The predicted octanol–water partition coefficient (Wildman–Crippen LogP) is 5.32. The Morgan fingerprint density at radius 3 is 2.66 bits per heavy atom. The molecule has 5 nitrogen and oxygen atoms in total. The molecular weight excluding hydrogens is 431 g/mol. The van der Waals surface area contributed by atoms with Gasteiger partial charge in [-0.1, -0.05) is 44.0 Å². The van der Waals surface area contributed by atoms with Crippen LogP contribution >= 0.6 is 34.5 Å². The maximum atomic E-state index is 12.4. The third kappa shape index (κ3) is 5.05. The fraction of sp³-hybridized carbons (Fsp3) is 0.429. The van der Waals surface area contributed by atoms with Crippen molar-refractivity contribution in [1.29, 1.82) is 0 Å². The van der Waals surface area contributed by atoms with Gasteiger partial charge < -0.3 is 15.8 Å². The van der Waals surface area contributed by atoms with Gasteiger partial charge in [0.2, 0.25) is 0 Å². The third-order valence-electron chi connectivity index (χ3n) is 5.24. The summed E-state index contributed by atoms with van der Waals surface area (Å²) in [5, 5.41) is 4.09. The number of anilines is 1. The summed E-state index contributed by atoms with van der Waals surface area (Å²) in [6.45, 7) is 6.44. The molecule has 1 heterocycles. The Kier molecular flexibility index (Phi) is 6.46. The molecule has 1 aliphatic rings. The number of hydrogen-bond acceptors (Lipinski definition) is 4. The smallest absolute Gasteiger partial charge is 0.262 e. The number of hydrogen-bond donors (Lipinski definition) is 2. The Balaban J connectivity index is 1.74. The lowest BCUT2D eigenvalue weighted by molar-refractivity contribution is -0.118. The van der Waals surface area contributed by atoms with Crippen molar-refractivity contribution < 1.29 is 14.3 Å². The maximum Gasteiger partial charge on any atom is 0.262 e. The van der Waals surface area contributed by atoms with Crippen LogP contribution in [0, 0.1) is 11.3 Å². The second-order valence-corrected chi connectivity index (χ2v) is 10.2. The fourth-order valence-electron chi connectivity index (χ4n) is 3.57. The largest absolute Gasteiger partial charge is 0.482 e. The fourth-order valence-corrected chi connectivity index (χ4v) is 5.38. The SMILES string of the molecule is CC(C)(C)[C@H]1CCc2c(sc(NC(=O)COc3ccc(Cl)cc3Cl)c2C(N)=O)C1. The van der Waals surface area contributed by atoms with Crippen LogP contribution < -0.4 is 15.8 Å². The molecule has 3 N–H and O–H groups in total. The number of benzene rings is 1. The summed E-state index contributed by atoms with van der Waals surface area (Å²) in [6.07, 6.45) is 2.68. The average molecular weight is 455 g/mol. The highest BCUT2D eigenvalue weighted by atomic mass is 35.5. The van der Waals surface area contributed by atoms with Crippen LogP contribution in [-0.2, 0) is 17.6 Å². The summed E-state index contributed by atoms with van der Waals surface area (Å²) in [5.74, 6) is -0.0219. The van der Waals surface area contributed by atoms with E-state index in [4.69, 9.17) is 33.7 Å². The molecule has 8 heteroatoms. The van der Waals surface area contributed by atoms with E-state index >= 15 is 0 Å². The molecular formula is C21H24Cl2N2O3S. The number of halogens is 2. The molecule has 3 rings (SSSR count). The highest BCUT2D eigenvalue weighted by molar-refractivity contribution is 7.17. The molecule has 156 valence electrons. The van der Waals surface area contributed by atoms with Gasteiger partial charge in [0.05, 0.1) is 10.6 Å². The summed E-state index contributed by atoms with van der Waals surface area (Å²) < 4.78 is 5.48. The molecule has 0 fully saturated rings. The summed E-state index contributed by atoms with van der Waals surface area (Å²) in [7, 11) is 0. The minimum Gasteiger partial charge on any atom is -0.482 e. The van der Waals surface area contributed by atoms with Gasteiger partial charge in [0, 0.05) is 9.90 Å². The number of ether oxygens (including phenoxy) is 1. The molecule has 0 bridgehead atoms. The van der Waals surface area contributed by atoms with Gasteiger partial charge >= 0.3 is 0 Å². The molecule has 2 aromatic rings. The molecule has 0 spiro atoms. The predicted molar refractivity (Wildman–Crippen MR) is 118 cm³/mol. The van der Waals surface area contributed by atoms with Crippen LogP contribution in [0.2, 0.25) is 10.0 Å². The van der Waals surface area contributed by atoms with Crippen molar-refractivity contribution in [3.8, 4) is 5.75 Å². The van der Waals surface area contributed by atoms with Crippen molar-refractivity contribution >= 4 is 51.4 Å². The van der Waals surface area contributed by atoms with Gasteiger partial charge in [0.1, 0.15) is 10.8 Å². The van der Waals surface area contributed by atoms with E-state index in [0.717, 1.165) is 29.7 Å². The molecule has 1 atom stereocenters. The monoisotopic (exact) mass is 454 g/mol. The number of rotatable bonds is 5. The summed E-state index contributed by atoms with van der Waals surface area (Å²) in [4.78, 5) is 25.6. The molecule has 1 aliphatic carbocycles. The number of nitrogens with one attached hydrogen (secondary N) is 1. The van der Waals surface area contributed by atoms with Crippen molar-refractivity contribution in [2.75, 3.05) is 11.9 Å². The number of fused-ring (bicyclic) bond motifs is 1. The van der Waals surface area contributed by atoms with Crippen LogP contribution in [0.3, 0.4) is 0 Å². The van der Waals surface area contributed by atoms with Crippen molar-refractivity contribution in [1.82, 2.24) is 0 Å². The van der Waals surface area contributed by atoms with Crippen LogP contribution in [0.25, 0.3) is 0 Å². The van der Waals surface area contributed by atoms with Gasteiger partial charge in [-0.2, -0.15) is 0 Å². The van der Waals surface area contributed by atoms with Crippen molar-refractivity contribution in [3.05, 3.63) is 44.2 Å². The third-order valence-corrected chi connectivity index (χ3v) is 6.94. The molecule has 1 aromatic carbocycles. The molecule has 1 aromatic heterocycles. The lowest BCUT2D eigenvalue weighted by Crippen LogP contribution is -2.27. The second-order valence-electron chi connectivity index (χ2n) is 8.29. The highest BCUT2D eigenvalue weighted by Gasteiger charge is 2.33. The molecule has 29 heavy (non-hydrogen) atoms. The van der Waals surface area contributed by atoms with E-state index in [1.165, 1.54) is 11.3 Å². The van der Waals surface area contributed by atoms with Crippen molar-refractivity contribution in [2.45, 2.75) is 40.0 Å². The first-order valence-corrected chi connectivity index (χ1v) is 11.0. The second kappa shape index (κ2) is 8.54.